The van der Waals surface area contributed by atoms with Crippen molar-refractivity contribution in [3.05, 3.63) is 28.8 Å². The van der Waals surface area contributed by atoms with E-state index >= 15 is 0 Å². The van der Waals surface area contributed by atoms with Crippen molar-refractivity contribution in [1.82, 2.24) is 4.31 Å². The number of benzene rings is 1. The van der Waals surface area contributed by atoms with E-state index in [1.807, 2.05) is 39.8 Å². The van der Waals surface area contributed by atoms with Crippen LogP contribution >= 0.6 is 0 Å². The van der Waals surface area contributed by atoms with E-state index in [-0.39, 0.29) is 19.3 Å². The Bertz CT molecular complexity index is 752. The molecule has 0 aromatic heterocycles. The third-order valence-electron chi connectivity index (χ3n) is 5.04. The molecule has 1 aliphatic heterocycles. The molecule has 0 radical (unpaired) electrons. The molecule has 1 unspecified atom stereocenters. The number of hydrogen-bond donors (Lipinski definition) is 0. The smallest absolute Gasteiger partial charge is 0.332 e. The van der Waals surface area contributed by atoms with Gasteiger partial charge < -0.3 is 9.47 Å². The summed E-state index contributed by atoms with van der Waals surface area (Å²) in [4.78, 5) is 12.1. The lowest BCUT2D eigenvalue weighted by Crippen LogP contribution is -2.46. The second kappa shape index (κ2) is 10.4. The van der Waals surface area contributed by atoms with Gasteiger partial charge in [-0.1, -0.05) is 37.5 Å². The van der Waals surface area contributed by atoms with Crippen LogP contribution < -0.4 is 0 Å². The molecule has 0 bridgehead atoms. The standard InChI is InChI=1S/C21H33NO5S/c1-5-6-11-27-20(23)15-26-14-19-9-7-8-10-22(19)28(24,25)21-17(3)12-16(2)13-18(21)4/h12-13,19H,5-11,14-15H2,1-4H3. The molecule has 1 aromatic rings. The van der Waals surface area contributed by atoms with Gasteiger partial charge in [0.05, 0.1) is 18.1 Å². The van der Waals surface area contributed by atoms with Crippen LogP contribution in [0.25, 0.3) is 0 Å². The molecule has 0 aliphatic carbocycles. The predicted octanol–water partition coefficient (Wildman–Crippen LogP) is 3.51. The molecule has 1 heterocycles. The van der Waals surface area contributed by atoms with Gasteiger partial charge in [-0.05, 0) is 51.2 Å². The van der Waals surface area contributed by atoms with Crippen molar-refractivity contribution in [3.63, 3.8) is 0 Å². The highest BCUT2D eigenvalue weighted by Crippen LogP contribution is 2.30. The van der Waals surface area contributed by atoms with E-state index in [0.717, 1.165) is 48.8 Å². The van der Waals surface area contributed by atoms with Crippen molar-refractivity contribution in [3.8, 4) is 0 Å². The number of ether oxygens (including phenoxy) is 2. The fourth-order valence-corrected chi connectivity index (χ4v) is 5.89. The summed E-state index contributed by atoms with van der Waals surface area (Å²) in [6, 6.07) is 3.55. The summed E-state index contributed by atoms with van der Waals surface area (Å²) in [6.45, 7) is 8.61. The minimum Gasteiger partial charge on any atom is -0.464 e. The first-order valence-electron chi connectivity index (χ1n) is 10.1. The van der Waals surface area contributed by atoms with Gasteiger partial charge in [0.1, 0.15) is 6.61 Å². The number of unbranched alkanes of at least 4 members (excludes halogenated alkanes) is 1. The summed E-state index contributed by atoms with van der Waals surface area (Å²) in [6.07, 6.45) is 4.30. The van der Waals surface area contributed by atoms with Gasteiger partial charge in [-0.2, -0.15) is 4.31 Å². The number of carbonyl (C=O) groups is 1. The normalized spacial score (nSPS) is 18.2. The molecule has 2 rings (SSSR count). The highest BCUT2D eigenvalue weighted by atomic mass is 32.2. The molecule has 1 aliphatic rings. The number of carbonyl (C=O) groups excluding carboxylic acids is 1. The Hall–Kier alpha value is -1.44. The minimum atomic E-state index is -3.62. The largest absolute Gasteiger partial charge is 0.464 e. The van der Waals surface area contributed by atoms with Gasteiger partial charge in [0.2, 0.25) is 10.0 Å². The zero-order chi connectivity index (χ0) is 20.7. The number of esters is 1. The van der Waals surface area contributed by atoms with Crippen LogP contribution in [-0.2, 0) is 24.3 Å². The first-order valence-corrected chi connectivity index (χ1v) is 11.5. The summed E-state index contributed by atoms with van der Waals surface area (Å²) < 4.78 is 39.0. The lowest BCUT2D eigenvalue weighted by Gasteiger charge is -2.35. The molecule has 1 atom stereocenters. The SMILES string of the molecule is CCCCOC(=O)COCC1CCCCN1S(=O)(=O)c1c(C)cc(C)cc1C. The molecular weight excluding hydrogens is 378 g/mol. The lowest BCUT2D eigenvalue weighted by atomic mass is 10.1. The van der Waals surface area contributed by atoms with Crippen LogP contribution in [0.2, 0.25) is 0 Å². The van der Waals surface area contributed by atoms with Gasteiger partial charge in [-0.15, -0.1) is 0 Å². The van der Waals surface area contributed by atoms with Gasteiger partial charge >= 0.3 is 5.97 Å². The third kappa shape index (κ3) is 5.78. The van der Waals surface area contributed by atoms with E-state index in [4.69, 9.17) is 9.47 Å². The maximum absolute atomic E-state index is 13.4. The van der Waals surface area contributed by atoms with Crippen LogP contribution in [0.5, 0.6) is 0 Å². The minimum absolute atomic E-state index is 0.142. The lowest BCUT2D eigenvalue weighted by molar-refractivity contribution is -0.149. The van der Waals surface area contributed by atoms with Gasteiger partial charge in [0.25, 0.3) is 0 Å². The van der Waals surface area contributed by atoms with Crippen LogP contribution in [0.4, 0.5) is 0 Å². The molecule has 158 valence electrons. The molecule has 0 N–H and O–H groups in total. The molecule has 1 aromatic carbocycles. The van der Waals surface area contributed by atoms with Crippen molar-refractivity contribution < 1.29 is 22.7 Å². The van der Waals surface area contributed by atoms with E-state index in [0.29, 0.717) is 18.0 Å². The maximum Gasteiger partial charge on any atom is 0.332 e. The highest BCUT2D eigenvalue weighted by molar-refractivity contribution is 7.89. The third-order valence-corrected chi connectivity index (χ3v) is 7.29. The van der Waals surface area contributed by atoms with E-state index < -0.39 is 16.0 Å². The van der Waals surface area contributed by atoms with Crippen molar-refractivity contribution in [2.24, 2.45) is 0 Å². The fraction of sp³-hybridized carbons (Fsp3) is 0.667. The Kier molecular flexibility index (Phi) is 8.46. The first-order chi connectivity index (χ1) is 13.3. The highest BCUT2D eigenvalue weighted by Gasteiger charge is 2.35. The summed E-state index contributed by atoms with van der Waals surface area (Å²) in [7, 11) is -3.62. The molecule has 1 fully saturated rings. The van der Waals surface area contributed by atoms with E-state index in [1.165, 1.54) is 0 Å². The Morgan fingerprint density at radius 1 is 1.18 bits per heavy atom. The predicted molar refractivity (Wildman–Crippen MR) is 109 cm³/mol. The number of sulfonamides is 1. The molecule has 1 saturated heterocycles. The number of hydrogen-bond acceptors (Lipinski definition) is 5. The zero-order valence-electron chi connectivity index (χ0n) is 17.5. The summed E-state index contributed by atoms with van der Waals surface area (Å²) in [5, 5.41) is 0. The topological polar surface area (TPSA) is 72.9 Å². The second-order valence-corrected chi connectivity index (χ2v) is 9.41. The van der Waals surface area contributed by atoms with Crippen molar-refractivity contribution in [1.29, 1.82) is 0 Å². The second-order valence-electron chi connectivity index (χ2n) is 7.58. The Balaban J connectivity index is 2.07. The van der Waals surface area contributed by atoms with Crippen molar-refractivity contribution in [2.45, 2.75) is 70.7 Å². The maximum atomic E-state index is 13.4. The molecule has 0 amide bonds. The monoisotopic (exact) mass is 411 g/mol. The van der Waals surface area contributed by atoms with E-state index in [2.05, 4.69) is 0 Å². The quantitative estimate of drug-likeness (QED) is 0.459. The number of rotatable bonds is 9. The van der Waals surface area contributed by atoms with Crippen LogP contribution in [-0.4, -0.2) is 51.1 Å². The van der Waals surface area contributed by atoms with E-state index in [9.17, 15) is 13.2 Å². The average molecular weight is 412 g/mol. The summed E-state index contributed by atoms with van der Waals surface area (Å²) in [5.74, 6) is -0.399. The molecule has 7 heteroatoms. The molecule has 6 nitrogen and oxygen atoms in total. The number of nitrogens with zero attached hydrogens (tertiary/aromatic N) is 1. The first kappa shape index (κ1) is 22.8. The molecule has 28 heavy (non-hydrogen) atoms. The van der Waals surface area contributed by atoms with E-state index in [1.54, 1.807) is 4.31 Å². The van der Waals surface area contributed by atoms with Crippen molar-refractivity contribution >= 4 is 16.0 Å². The van der Waals surface area contributed by atoms with Crippen molar-refractivity contribution in [2.75, 3.05) is 26.4 Å². The average Bonchev–Trinajstić information content (AvgIpc) is 2.61. The Morgan fingerprint density at radius 2 is 1.86 bits per heavy atom. The van der Waals surface area contributed by atoms with Crippen LogP contribution in [0, 0.1) is 20.8 Å². The molecule has 0 spiro atoms. The molecule has 0 saturated carbocycles. The van der Waals surface area contributed by atoms with Crippen LogP contribution in [0.3, 0.4) is 0 Å². The van der Waals surface area contributed by atoms with Gasteiger partial charge in [-0.3, -0.25) is 0 Å². The zero-order valence-corrected chi connectivity index (χ0v) is 18.3. The Labute approximate surface area is 169 Å². The number of piperidine rings is 1. The van der Waals surface area contributed by atoms with Gasteiger partial charge in [0, 0.05) is 12.6 Å². The summed E-state index contributed by atoms with van der Waals surface area (Å²) in [5.41, 5.74) is 2.58. The van der Waals surface area contributed by atoms with Crippen LogP contribution in [0.15, 0.2) is 17.0 Å². The van der Waals surface area contributed by atoms with Gasteiger partial charge in [0.15, 0.2) is 0 Å². The fourth-order valence-electron chi connectivity index (χ4n) is 3.80. The molecular formula is C21H33NO5S. The number of aryl methyl sites for hydroxylation is 3. The summed E-state index contributed by atoms with van der Waals surface area (Å²) >= 11 is 0. The Morgan fingerprint density at radius 3 is 2.50 bits per heavy atom. The van der Waals surface area contributed by atoms with Crippen LogP contribution in [0.1, 0.15) is 55.7 Å². The van der Waals surface area contributed by atoms with Gasteiger partial charge in [-0.25, -0.2) is 13.2 Å².